The van der Waals surface area contributed by atoms with Crippen molar-refractivity contribution in [2.45, 2.75) is 26.2 Å². The number of aryl methyl sites for hydroxylation is 2. The van der Waals surface area contributed by atoms with Crippen LogP contribution in [0.2, 0.25) is 0 Å². The van der Waals surface area contributed by atoms with Gasteiger partial charge >= 0.3 is 0 Å². The Balaban J connectivity index is 1.77. The van der Waals surface area contributed by atoms with Crippen molar-refractivity contribution in [3.63, 3.8) is 0 Å². The van der Waals surface area contributed by atoms with Crippen molar-refractivity contribution >= 4 is 11.7 Å². The van der Waals surface area contributed by atoms with E-state index >= 15 is 0 Å². The van der Waals surface area contributed by atoms with Gasteiger partial charge in [-0.05, 0) is 48.7 Å². The van der Waals surface area contributed by atoms with Crippen LogP contribution < -0.4 is 14.8 Å². The average molecular weight is 403 g/mol. The van der Waals surface area contributed by atoms with Crippen LogP contribution in [0, 0.1) is 13.8 Å². The molecule has 6 heteroatoms. The molecule has 1 aromatic heterocycles. The topological polar surface area (TPSA) is 65.4 Å². The molecule has 1 N–H and O–H groups in total. The highest BCUT2D eigenvalue weighted by molar-refractivity contribution is 5.94. The number of benzene rings is 2. The van der Waals surface area contributed by atoms with Gasteiger partial charge in [-0.25, -0.2) is 4.68 Å². The van der Waals surface area contributed by atoms with Crippen molar-refractivity contribution in [2.75, 3.05) is 19.0 Å². The largest absolute Gasteiger partial charge is 0.493 e. The van der Waals surface area contributed by atoms with E-state index in [0.717, 1.165) is 33.8 Å². The summed E-state index contributed by atoms with van der Waals surface area (Å²) in [5.74, 6) is 1.84. The second-order valence-corrected chi connectivity index (χ2v) is 7.47. The molecule has 1 atom stereocenters. The number of nitrogens with one attached hydrogen (secondary N) is 1. The fraction of sp³-hybridized carbons (Fsp3) is 0.250. The third-order valence-electron chi connectivity index (χ3n) is 5.36. The quantitative estimate of drug-likeness (QED) is 0.614. The third kappa shape index (κ3) is 3.56. The average Bonchev–Trinajstić information content (AvgIpc) is 3.16. The van der Waals surface area contributed by atoms with Gasteiger partial charge in [0.25, 0.3) is 0 Å². The number of carbonyl (C=O) groups is 1. The van der Waals surface area contributed by atoms with Crippen molar-refractivity contribution in [1.29, 1.82) is 0 Å². The summed E-state index contributed by atoms with van der Waals surface area (Å²) in [4.78, 5) is 12.6. The van der Waals surface area contributed by atoms with Gasteiger partial charge < -0.3 is 14.8 Å². The molecule has 0 saturated heterocycles. The Labute approximate surface area is 176 Å². The van der Waals surface area contributed by atoms with Crippen LogP contribution in [-0.4, -0.2) is 29.4 Å². The Morgan fingerprint density at radius 3 is 2.83 bits per heavy atom. The number of hydrogen-bond acceptors (Lipinski definition) is 4. The first-order valence-electron chi connectivity index (χ1n) is 9.89. The zero-order valence-electron chi connectivity index (χ0n) is 17.4. The zero-order valence-corrected chi connectivity index (χ0v) is 17.4. The van der Waals surface area contributed by atoms with E-state index in [1.165, 1.54) is 0 Å². The predicted octanol–water partition coefficient (Wildman–Crippen LogP) is 4.54. The van der Waals surface area contributed by atoms with Crippen LogP contribution in [-0.2, 0) is 4.79 Å². The lowest BCUT2D eigenvalue weighted by atomic mass is 9.87. The molecule has 30 heavy (non-hydrogen) atoms. The third-order valence-corrected chi connectivity index (χ3v) is 5.36. The number of anilines is 1. The molecule has 0 spiro atoms. The molecule has 0 bridgehead atoms. The molecule has 1 unspecified atom stereocenters. The Morgan fingerprint density at radius 1 is 1.23 bits per heavy atom. The maximum Gasteiger partial charge on any atom is 0.226 e. The fourth-order valence-electron chi connectivity index (χ4n) is 3.82. The molecular formula is C24H25N3O3. The van der Waals surface area contributed by atoms with Crippen molar-refractivity contribution < 1.29 is 14.3 Å². The molecule has 1 aliphatic rings. The molecule has 1 amide bonds. The second kappa shape index (κ2) is 8.06. The molecule has 0 fully saturated rings. The molecule has 2 aromatic carbocycles. The van der Waals surface area contributed by atoms with Crippen molar-refractivity contribution in [3.8, 4) is 17.2 Å². The first-order valence-corrected chi connectivity index (χ1v) is 9.89. The van der Waals surface area contributed by atoms with Gasteiger partial charge in [-0.15, -0.1) is 0 Å². The van der Waals surface area contributed by atoms with Crippen LogP contribution >= 0.6 is 0 Å². The predicted molar refractivity (Wildman–Crippen MR) is 117 cm³/mol. The minimum absolute atomic E-state index is 0.0366. The van der Waals surface area contributed by atoms with E-state index in [1.807, 2.05) is 42.9 Å². The van der Waals surface area contributed by atoms with Gasteiger partial charge in [-0.2, -0.15) is 5.10 Å². The standard InChI is InChI=1S/C24H25N3O3/c1-5-10-30-21-9-8-17(12-22(21)29-4)18-13-23(28)26-24-19(18)14-25-27(24)20-11-15(2)6-7-16(20)3/h5-9,11-12,14,18H,1,10,13H2,2-4H3,(H,26,28). The number of methoxy groups -OCH3 is 1. The summed E-state index contributed by atoms with van der Waals surface area (Å²) in [6, 6.07) is 12.0. The minimum Gasteiger partial charge on any atom is -0.493 e. The van der Waals surface area contributed by atoms with Gasteiger partial charge in [0.15, 0.2) is 11.5 Å². The van der Waals surface area contributed by atoms with E-state index in [1.54, 1.807) is 13.2 Å². The summed E-state index contributed by atoms with van der Waals surface area (Å²) in [5, 5.41) is 7.63. The van der Waals surface area contributed by atoms with E-state index in [9.17, 15) is 4.79 Å². The Bertz CT molecular complexity index is 1120. The molecule has 0 radical (unpaired) electrons. The number of amides is 1. The first-order chi connectivity index (χ1) is 14.5. The normalized spacial score (nSPS) is 15.3. The monoisotopic (exact) mass is 403 g/mol. The number of ether oxygens (including phenoxy) is 2. The van der Waals surface area contributed by atoms with Crippen molar-refractivity contribution in [2.24, 2.45) is 0 Å². The molecule has 0 aliphatic carbocycles. The van der Waals surface area contributed by atoms with Gasteiger partial charge in [0.2, 0.25) is 5.91 Å². The summed E-state index contributed by atoms with van der Waals surface area (Å²) < 4.78 is 13.0. The summed E-state index contributed by atoms with van der Waals surface area (Å²) in [5.41, 5.74) is 5.15. The van der Waals surface area contributed by atoms with Gasteiger partial charge in [0, 0.05) is 17.9 Å². The first kappa shape index (κ1) is 19.8. The molecule has 4 rings (SSSR count). The van der Waals surface area contributed by atoms with Crippen LogP contribution in [0.3, 0.4) is 0 Å². The number of carbonyl (C=O) groups excluding carboxylic acids is 1. The SMILES string of the molecule is C=CCOc1ccc(C2CC(=O)Nc3c2cnn3-c2cc(C)ccc2C)cc1OC. The maximum absolute atomic E-state index is 12.6. The Hall–Kier alpha value is -3.54. The number of hydrogen-bond donors (Lipinski definition) is 1. The van der Waals surface area contributed by atoms with Gasteiger partial charge in [-0.3, -0.25) is 4.79 Å². The van der Waals surface area contributed by atoms with E-state index in [-0.39, 0.29) is 11.8 Å². The summed E-state index contributed by atoms with van der Waals surface area (Å²) in [6.45, 7) is 8.16. The molecule has 154 valence electrons. The summed E-state index contributed by atoms with van der Waals surface area (Å²) >= 11 is 0. The lowest BCUT2D eigenvalue weighted by molar-refractivity contribution is -0.116. The smallest absolute Gasteiger partial charge is 0.226 e. The number of nitrogens with zero attached hydrogens (tertiary/aromatic N) is 2. The maximum atomic E-state index is 12.6. The Kier molecular flexibility index (Phi) is 5.31. The highest BCUT2D eigenvalue weighted by atomic mass is 16.5. The molecule has 2 heterocycles. The van der Waals surface area contributed by atoms with Crippen molar-refractivity contribution in [1.82, 2.24) is 9.78 Å². The van der Waals surface area contributed by atoms with E-state index in [0.29, 0.717) is 24.5 Å². The zero-order chi connectivity index (χ0) is 21.3. The lowest BCUT2D eigenvalue weighted by Crippen LogP contribution is -2.24. The van der Waals surface area contributed by atoms with Crippen LogP contribution in [0.5, 0.6) is 11.5 Å². The number of fused-ring (bicyclic) bond motifs is 1. The minimum atomic E-state index is -0.116. The van der Waals surface area contributed by atoms with E-state index in [2.05, 4.69) is 35.2 Å². The van der Waals surface area contributed by atoms with Crippen LogP contribution in [0.4, 0.5) is 5.82 Å². The van der Waals surface area contributed by atoms with E-state index in [4.69, 9.17) is 9.47 Å². The van der Waals surface area contributed by atoms with Crippen LogP contribution in [0.1, 0.15) is 34.6 Å². The highest BCUT2D eigenvalue weighted by Crippen LogP contribution is 2.41. The number of aromatic nitrogens is 2. The van der Waals surface area contributed by atoms with Gasteiger partial charge in [0.1, 0.15) is 12.4 Å². The van der Waals surface area contributed by atoms with Gasteiger partial charge in [0.05, 0.1) is 19.0 Å². The van der Waals surface area contributed by atoms with Gasteiger partial charge in [-0.1, -0.05) is 30.9 Å². The molecular weight excluding hydrogens is 378 g/mol. The summed E-state index contributed by atoms with van der Waals surface area (Å²) in [6.07, 6.45) is 3.88. The van der Waals surface area contributed by atoms with Crippen LogP contribution in [0.15, 0.2) is 55.3 Å². The molecule has 0 saturated carbocycles. The molecule has 3 aromatic rings. The second-order valence-electron chi connectivity index (χ2n) is 7.47. The molecule has 6 nitrogen and oxygen atoms in total. The van der Waals surface area contributed by atoms with Crippen LogP contribution in [0.25, 0.3) is 5.69 Å². The fourth-order valence-corrected chi connectivity index (χ4v) is 3.82. The highest BCUT2D eigenvalue weighted by Gasteiger charge is 2.31. The van der Waals surface area contributed by atoms with E-state index < -0.39 is 0 Å². The molecule has 1 aliphatic heterocycles. The summed E-state index contributed by atoms with van der Waals surface area (Å²) in [7, 11) is 1.61. The lowest BCUT2D eigenvalue weighted by Gasteiger charge is -2.25. The Morgan fingerprint density at radius 2 is 2.07 bits per heavy atom. The van der Waals surface area contributed by atoms with Crippen molar-refractivity contribution in [3.05, 3.63) is 77.5 Å². The number of rotatable bonds is 6.